The van der Waals surface area contributed by atoms with E-state index in [0.717, 1.165) is 58.6 Å². The zero-order chi connectivity index (χ0) is 21.9. The molecule has 0 fully saturated rings. The van der Waals surface area contributed by atoms with Crippen LogP contribution in [0.4, 0.5) is 5.69 Å². The summed E-state index contributed by atoms with van der Waals surface area (Å²) in [7, 11) is -3.33. The maximum atomic E-state index is 13.4. The molecule has 0 unspecified atom stereocenters. The summed E-state index contributed by atoms with van der Waals surface area (Å²) in [5.41, 5.74) is 2.66. The lowest BCUT2D eigenvalue weighted by molar-refractivity contribution is 0.316. The van der Waals surface area contributed by atoms with E-state index in [2.05, 4.69) is 28.8 Å². The minimum atomic E-state index is -3.33. The summed E-state index contributed by atoms with van der Waals surface area (Å²) in [6.45, 7) is 9.99. The molecule has 1 aromatic heterocycles. The van der Waals surface area contributed by atoms with Crippen LogP contribution >= 0.6 is 11.3 Å². The topological polar surface area (TPSA) is 78.5 Å². The Hall–Kier alpha value is -2.00. The smallest absolute Gasteiger partial charge is 0.209 e. The summed E-state index contributed by atoms with van der Waals surface area (Å²) in [5.74, 6) is 0. The third kappa shape index (κ3) is 5.18. The van der Waals surface area contributed by atoms with Crippen LogP contribution in [0.5, 0.6) is 0 Å². The number of benzene rings is 2. The number of hydrogen-bond acceptors (Lipinski definition) is 6. The highest BCUT2D eigenvalue weighted by Crippen LogP contribution is 2.32. The van der Waals surface area contributed by atoms with Crippen molar-refractivity contribution in [2.24, 2.45) is 0 Å². The molecule has 3 rings (SSSR count). The molecule has 0 radical (unpaired) electrons. The van der Waals surface area contributed by atoms with E-state index in [1.54, 1.807) is 0 Å². The van der Waals surface area contributed by atoms with Gasteiger partial charge in [0.1, 0.15) is 0 Å². The minimum absolute atomic E-state index is 0.0229. The molecule has 2 N–H and O–H groups in total. The van der Waals surface area contributed by atoms with Crippen molar-refractivity contribution in [3.63, 3.8) is 0 Å². The van der Waals surface area contributed by atoms with E-state index >= 15 is 0 Å². The van der Waals surface area contributed by atoms with Crippen LogP contribution in [0.3, 0.4) is 0 Å². The molecule has 1 heterocycles. The Morgan fingerprint density at radius 1 is 1.10 bits per heavy atom. The number of sulfonamides is 1. The van der Waals surface area contributed by atoms with Gasteiger partial charge in [0.15, 0.2) is 5.43 Å². The van der Waals surface area contributed by atoms with Gasteiger partial charge >= 0.3 is 0 Å². The van der Waals surface area contributed by atoms with Crippen LogP contribution in [-0.4, -0.2) is 45.8 Å². The van der Waals surface area contributed by atoms with Crippen molar-refractivity contribution in [1.29, 1.82) is 0 Å². The highest BCUT2D eigenvalue weighted by Gasteiger charge is 2.15. The van der Waals surface area contributed by atoms with Gasteiger partial charge in [-0.15, -0.1) is 11.3 Å². The zero-order valence-corrected chi connectivity index (χ0v) is 19.5. The fourth-order valence-electron chi connectivity index (χ4n) is 3.50. The molecule has 6 nitrogen and oxygen atoms in total. The normalized spacial score (nSPS) is 12.2. The van der Waals surface area contributed by atoms with Crippen LogP contribution in [0, 0.1) is 6.92 Å². The minimum Gasteiger partial charge on any atom is -0.383 e. The third-order valence-electron chi connectivity index (χ3n) is 5.22. The lowest BCUT2D eigenvalue weighted by atomic mass is 10.1. The molecule has 0 aliphatic carbocycles. The summed E-state index contributed by atoms with van der Waals surface area (Å²) in [5, 5.41) is 4.75. The second-order valence-corrected chi connectivity index (χ2v) is 10.3. The highest BCUT2D eigenvalue weighted by atomic mass is 32.2. The number of hydrogen-bond donors (Lipinski definition) is 2. The second-order valence-electron chi connectivity index (χ2n) is 7.45. The monoisotopic (exact) mass is 447 g/mol. The quantitative estimate of drug-likeness (QED) is 0.491. The molecule has 0 spiro atoms. The first kappa shape index (κ1) is 22.7. The largest absolute Gasteiger partial charge is 0.383 e. The van der Waals surface area contributed by atoms with Gasteiger partial charge in [-0.1, -0.05) is 26.0 Å². The Morgan fingerprint density at radius 3 is 2.50 bits per heavy atom. The van der Waals surface area contributed by atoms with Crippen molar-refractivity contribution >= 4 is 47.2 Å². The van der Waals surface area contributed by atoms with Gasteiger partial charge in [-0.05, 0) is 49.3 Å². The maximum Gasteiger partial charge on any atom is 0.209 e. The predicted molar refractivity (Wildman–Crippen MR) is 128 cm³/mol. The van der Waals surface area contributed by atoms with E-state index in [0.29, 0.717) is 10.8 Å². The van der Waals surface area contributed by atoms with Gasteiger partial charge in [0, 0.05) is 40.1 Å². The van der Waals surface area contributed by atoms with Crippen molar-refractivity contribution in [1.82, 2.24) is 9.62 Å². The summed E-state index contributed by atoms with van der Waals surface area (Å²) < 4.78 is 27.5. The Balaban J connectivity index is 2.11. The molecule has 0 amide bonds. The van der Waals surface area contributed by atoms with Crippen molar-refractivity contribution < 1.29 is 8.42 Å². The van der Waals surface area contributed by atoms with Crippen molar-refractivity contribution in [2.75, 3.05) is 37.8 Å². The SMILES string of the molecule is CCN(CC)CCNc1ccc(CNS(C)(=O)=O)c2sc3cc(C)ccc3c(=O)c12. The third-order valence-corrected chi connectivity index (χ3v) is 7.12. The van der Waals surface area contributed by atoms with Crippen LogP contribution in [0.1, 0.15) is 25.0 Å². The molecule has 0 atom stereocenters. The first-order valence-electron chi connectivity index (χ1n) is 10.1. The lowest BCUT2D eigenvalue weighted by Crippen LogP contribution is -2.28. The molecule has 3 aromatic rings. The van der Waals surface area contributed by atoms with E-state index < -0.39 is 10.0 Å². The molecule has 0 saturated heterocycles. The first-order chi connectivity index (χ1) is 14.2. The van der Waals surface area contributed by atoms with Crippen LogP contribution in [0.2, 0.25) is 0 Å². The number of likely N-dealkylation sites (N-methyl/N-ethyl adjacent to an activating group) is 1. The van der Waals surface area contributed by atoms with Gasteiger partial charge in [-0.25, -0.2) is 13.1 Å². The lowest BCUT2D eigenvalue weighted by Gasteiger charge is -2.19. The number of anilines is 1. The molecule has 0 aliphatic rings. The average Bonchev–Trinajstić information content (AvgIpc) is 2.69. The number of rotatable bonds is 9. The number of aryl methyl sites for hydroxylation is 1. The second kappa shape index (κ2) is 9.43. The summed E-state index contributed by atoms with van der Waals surface area (Å²) in [6.07, 6.45) is 1.14. The summed E-state index contributed by atoms with van der Waals surface area (Å²) >= 11 is 1.53. The standard InChI is InChI=1S/C22H29N3O3S2/c1-5-25(6-2)12-11-23-18-10-8-16(14-24-30(4,27)28)22-20(18)21(26)17-9-7-15(3)13-19(17)29-22/h7-10,13,23-24H,5-6,11-12,14H2,1-4H3. The van der Waals surface area contributed by atoms with Crippen LogP contribution in [-0.2, 0) is 16.6 Å². The molecule has 0 bridgehead atoms. The summed E-state index contributed by atoms with van der Waals surface area (Å²) in [4.78, 5) is 15.7. The average molecular weight is 448 g/mol. The summed E-state index contributed by atoms with van der Waals surface area (Å²) in [6, 6.07) is 9.62. The number of nitrogens with zero attached hydrogens (tertiary/aromatic N) is 1. The molecule has 30 heavy (non-hydrogen) atoms. The van der Waals surface area contributed by atoms with E-state index in [1.165, 1.54) is 11.3 Å². The fraction of sp³-hybridized carbons (Fsp3) is 0.409. The molecule has 0 saturated carbocycles. The first-order valence-corrected chi connectivity index (χ1v) is 12.8. The van der Waals surface area contributed by atoms with Gasteiger partial charge in [0.05, 0.1) is 11.6 Å². The van der Waals surface area contributed by atoms with Crippen molar-refractivity contribution in [3.8, 4) is 0 Å². The van der Waals surface area contributed by atoms with Crippen molar-refractivity contribution in [3.05, 3.63) is 51.7 Å². The molecular weight excluding hydrogens is 418 g/mol. The van der Waals surface area contributed by atoms with Crippen LogP contribution < -0.4 is 15.5 Å². The number of nitrogens with one attached hydrogen (secondary N) is 2. The van der Waals surface area contributed by atoms with Crippen LogP contribution in [0.15, 0.2) is 35.1 Å². The molecule has 2 aromatic carbocycles. The van der Waals surface area contributed by atoms with E-state index in [-0.39, 0.29) is 12.0 Å². The molecular formula is C22H29N3O3S2. The number of fused-ring (bicyclic) bond motifs is 2. The van der Waals surface area contributed by atoms with Gasteiger partial charge in [0.25, 0.3) is 0 Å². The van der Waals surface area contributed by atoms with E-state index in [9.17, 15) is 13.2 Å². The van der Waals surface area contributed by atoms with Gasteiger partial charge < -0.3 is 10.2 Å². The Bertz CT molecular complexity index is 1220. The molecule has 8 heteroatoms. The van der Waals surface area contributed by atoms with Gasteiger partial charge in [0.2, 0.25) is 10.0 Å². The fourth-order valence-corrected chi connectivity index (χ4v) is 5.23. The van der Waals surface area contributed by atoms with Gasteiger partial charge in [-0.3, -0.25) is 4.79 Å². The van der Waals surface area contributed by atoms with Crippen molar-refractivity contribution in [2.45, 2.75) is 27.3 Å². The molecule has 0 aliphatic heterocycles. The Morgan fingerprint density at radius 2 is 1.83 bits per heavy atom. The van der Waals surface area contributed by atoms with E-state index in [4.69, 9.17) is 0 Å². The Labute approximate surface area is 182 Å². The Kier molecular flexibility index (Phi) is 7.13. The van der Waals surface area contributed by atoms with Crippen LogP contribution in [0.25, 0.3) is 20.2 Å². The van der Waals surface area contributed by atoms with E-state index in [1.807, 2.05) is 37.3 Å². The zero-order valence-electron chi connectivity index (χ0n) is 17.9. The maximum absolute atomic E-state index is 13.4. The predicted octanol–water partition coefficient (Wildman–Crippen LogP) is 3.53. The van der Waals surface area contributed by atoms with Gasteiger partial charge in [-0.2, -0.15) is 0 Å². The highest BCUT2D eigenvalue weighted by molar-refractivity contribution is 7.88. The molecule has 162 valence electrons.